The molecule has 7 heteroatoms. The summed E-state index contributed by atoms with van der Waals surface area (Å²) in [6, 6.07) is 6.15. The van der Waals surface area contributed by atoms with Crippen LogP contribution in [0.4, 0.5) is 9.52 Å². The first kappa shape index (κ1) is 15.9. The lowest BCUT2D eigenvalue weighted by Gasteiger charge is -2.21. The summed E-state index contributed by atoms with van der Waals surface area (Å²) in [5, 5.41) is 0.905. The Morgan fingerprint density at radius 3 is 2.83 bits per heavy atom. The van der Waals surface area contributed by atoms with Gasteiger partial charge in [0.05, 0.1) is 5.56 Å². The van der Waals surface area contributed by atoms with Gasteiger partial charge in [0.25, 0.3) is 5.91 Å². The Labute approximate surface area is 138 Å². The highest BCUT2D eigenvalue weighted by Gasteiger charge is 2.23. The summed E-state index contributed by atoms with van der Waals surface area (Å²) in [5.41, 5.74) is 0.144. The van der Waals surface area contributed by atoms with Gasteiger partial charge in [-0.2, -0.15) is 4.37 Å². The fourth-order valence-electron chi connectivity index (χ4n) is 2.63. The van der Waals surface area contributed by atoms with Gasteiger partial charge in [0.1, 0.15) is 11.6 Å². The number of halogens is 1. The fraction of sp³-hybridized carbons (Fsp3) is 0.438. The molecule has 1 aromatic carbocycles. The minimum absolute atomic E-state index is 0.144. The normalized spacial score (nSPS) is 15.6. The molecule has 5 nitrogen and oxygen atoms in total. The zero-order chi connectivity index (χ0) is 16.2. The molecule has 1 fully saturated rings. The number of hydrogen-bond acceptors (Lipinski definition) is 5. The van der Waals surface area contributed by atoms with Gasteiger partial charge in [-0.15, -0.1) is 0 Å². The van der Waals surface area contributed by atoms with Crippen LogP contribution in [0.2, 0.25) is 0 Å². The van der Waals surface area contributed by atoms with Crippen LogP contribution in [-0.4, -0.2) is 46.3 Å². The van der Waals surface area contributed by atoms with Crippen LogP contribution in [0, 0.1) is 5.82 Å². The first-order chi connectivity index (χ1) is 11.2. The molecule has 1 amide bonds. The molecule has 1 saturated heterocycles. The number of amides is 1. The lowest BCUT2D eigenvalue weighted by molar-refractivity contribution is 0.0762. The fourth-order valence-corrected chi connectivity index (χ4v) is 3.43. The molecule has 23 heavy (non-hydrogen) atoms. The molecule has 0 spiro atoms. The topological polar surface area (TPSA) is 49.3 Å². The van der Waals surface area contributed by atoms with Crippen LogP contribution in [0.1, 0.15) is 29.5 Å². The van der Waals surface area contributed by atoms with E-state index in [0.29, 0.717) is 19.6 Å². The van der Waals surface area contributed by atoms with Crippen LogP contribution in [0.5, 0.6) is 0 Å². The number of benzene rings is 1. The molecule has 1 aromatic heterocycles. The molecule has 1 aliphatic heterocycles. The number of rotatable bonds is 3. The second-order valence-corrected chi connectivity index (χ2v) is 6.19. The molecule has 0 radical (unpaired) electrons. The van der Waals surface area contributed by atoms with Gasteiger partial charge in [0.2, 0.25) is 5.13 Å². The third-order valence-electron chi connectivity index (χ3n) is 3.93. The van der Waals surface area contributed by atoms with Gasteiger partial charge in [0, 0.05) is 44.1 Å². The van der Waals surface area contributed by atoms with Gasteiger partial charge < -0.3 is 9.80 Å². The zero-order valence-electron chi connectivity index (χ0n) is 13.0. The van der Waals surface area contributed by atoms with E-state index in [1.807, 2.05) is 6.92 Å². The van der Waals surface area contributed by atoms with Crippen molar-refractivity contribution in [2.45, 2.75) is 19.8 Å². The number of aryl methyl sites for hydroxylation is 1. The summed E-state index contributed by atoms with van der Waals surface area (Å²) in [7, 11) is 0. The Morgan fingerprint density at radius 1 is 1.26 bits per heavy atom. The van der Waals surface area contributed by atoms with Crippen molar-refractivity contribution in [3.8, 4) is 0 Å². The Bertz CT molecular complexity index is 690. The summed E-state index contributed by atoms with van der Waals surface area (Å²) < 4.78 is 18.1. The van der Waals surface area contributed by atoms with Gasteiger partial charge in [-0.1, -0.05) is 19.1 Å². The lowest BCUT2D eigenvalue weighted by Crippen LogP contribution is -2.35. The molecular formula is C16H19FN4OS. The van der Waals surface area contributed by atoms with Gasteiger partial charge >= 0.3 is 0 Å². The summed E-state index contributed by atoms with van der Waals surface area (Å²) >= 11 is 1.40. The molecule has 122 valence electrons. The van der Waals surface area contributed by atoms with Crippen molar-refractivity contribution in [3.63, 3.8) is 0 Å². The van der Waals surface area contributed by atoms with Crippen molar-refractivity contribution in [1.82, 2.24) is 14.3 Å². The van der Waals surface area contributed by atoms with Crippen molar-refractivity contribution in [3.05, 3.63) is 41.5 Å². The highest BCUT2D eigenvalue weighted by atomic mass is 32.1. The Kier molecular flexibility index (Phi) is 4.85. The van der Waals surface area contributed by atoms with E-state index < -0.39 is 5.82 Å². The molecule has 0 bridgehead atoms. The lowest BCUT2D eigenvalue weighted by atomic mass is 10.2. The van der Waals surface area contributed by atoms with Crippen molar-refractivity contribution in [1.29, 1.82) is 0 Å². The molecule has 0 saturated carbocycles. The van der Waals surface area contributed by atoms with Crippen molar-refractivity contribution >= 4 is 22.6 Å². The quantitative estimate of drug-likeness (QED) is 0.866. The molecular weight excluding hydrogens is 315 g/mol. The summed E-state index contributed by atoms with van der Waals surface area (Å²) in [6.45, 7) is 4.75. The number of nitrogens with zero attached hydrogens (tertiary/aromatic N) is 4. The Morgan fingerprint density at radius 2 is 2.09 bits per heavy atom. The van der Waals surface area contributed by atoms with Crippen molar-refractivity contribution in [2.75, 3.05) is 31.1 Å². The van der Waals surface area contributed by atoms with Crippen molar-refractivity contribution in [2.24, 2.45) is 0 Å². The number of carbonyl (C=O) groups is 1. The molecule has 3 rings (SSSR count). The monoisotopic (exact) mass is 334 g/mol. The predicted octanol–water partition coefficient (Wildman–Crippen LogP) is 2.59. The van der Waals surface area contributed by atoms with E-state index in [1.54, 1.807) is 23.1 Å². The number of hydrogen-bond donors (Lipinski definition) is 0. The SMILES string of the molecule is CCc1nsc(N2CCCN(C(=O)c3ccccc3F)CC2)n1. The second kappa shape index (κ2) is 7.04. The first-order valence-corrected chi connectivity index (χ1v) is 8.57. The standard InChI is InChI=1S/C16H19FN4OS/c1-2-14-18-16(23-19-14)21-9-5-8-20(10-11-21)15(22)12-6-3-4-7-13(12)17/h3-4,6-7H,2,5,8-11H2,1H3. The average Bonchev–Trinajstić information content (AvgIpc) is 2.91. The molecule has 2 heterocycles. The van der Waals surface area contributed by atoms with Crippen LogP contribution in [-0.2, 0) is 6.42 Å². The van der Waals surface area contributed by atoms with Gasteiger partial charge in [-0.3, -0.25) is 4.79 Å². The highest BCUT2D eigenvalue weighted by molar-refractivity contribution is 7.09. The van der Waals surface area contributed by atoms with E-state index >= 15 is 0 Å². The second-order valence-electron chi connectivity index (χ2n) is 5.46. The molecule has 0 aliphatic carbocycles. The summed E-state index contributed by atoms with van der Waals surface area (Å²) in [6.07, 6.45) is 1.66. The smallest absolute Gasteiger partial charge is 0.256 e. The number of aromatic nitrogens is 2. The molecule has 1 aliphatic rings. The summed E-state index contributed by atoms with van der Waals surface area (Å²) in [4.78, 5) is 20.9. The van der Waals surface area contributed by atoms with Gasteiger partial charge in [-0.25, -0.2) is 9.37 Å². The Hall–Kier alpha value is -2.02. The minimum atomic E-state index is -0.463. The van der Waals surface area contributed by atoms with E-state index in [1.165, 1.54) is 17.6 Å². The molecule has 0 N–H and O–H groups in total. The van der Waals surface area contributed by atoms with Crippen LogP contribution in [0.3, 0.4) is 0 Å². The maximum Gasteiger partial charge on any atom is 0.256 e. The molecule has 2 aromatic rings. The zero-order valence-corrected chi connectivity index (χ0v) is 13.9. The van der Waals surface area contributed by atoms with E-state index in [2.05, 4.69) is 14.3 Å². The predicted molar refractivity (Wildman–Crippen MR) is 88.4 cm³/mol. The number of anilines is 1. The highest BCUT2D eigenvalue weighted by Crippen LogP contribution is 2.20. The average molecular weight is 334 g/mol. The number of carbonyl (C=O) groups excluding carboxylic acids is 1. The molecule has 0 unspecified atom stereocenters. The van der Waals surface area contributed by atoms with E-state index in [-0.39, 0.29) is 11.5 Å². The van der Waals surface area contributed by atoms with Crippen LogP contribution in [0.15, 0.2) is 24.3 Å². The van der Waals surface area contributed by atoms with Gasteiger partial charge in [0.15, 0.2) is 0 Å². The van der Waals surface area contributed by atoms with Crippen LogP contribution >= 0.6 is 11.5 Å². The maximum absolute atomic E-state index is 13.8. The maximum atomic E-state index is 13.8. The summed E-state index contributed by atoms with van der Waals surface area (Å²) in [5.74, 6) is 0.153. The molecule has 0 atom stereocenters. The van der Waals surface area contributed by atoms with Crippen LogP contribution in [0.25, 0.3) is 0 Å². The van der Waals surface area contributed by atoms with Gasteiger partial charge in [-0.05, 0) is 18.6 Å². The minimum Gasteiger partial charge on any atom is -0.345 e. The van der Waals surface area contributed by atoms with E-state index in [4.69, 9.17) is 0 Å². The van der Waals surface area contributed by atoms with E-state index in [9.17, 15) is 9.18 Å². The third-order valence-corrected chi connectivity index (χ3v) is 4.75. The Balaban J connectivity index is 1.68. The van der Waals surface area contributed by atoms with E-state index in [0.717, 1.165) is 30.3 Å². The van der Waals surface area contributed by atoms with Crippen molar-refractivity contribution < 1.29 is 9.18 Å². The largest absolute Gasteiger partial charge is 0.345 e. The van der Waals surface area contributed by atoms with Crippen LogP contribution < -0.4 is 4.90 Å². The third kappa shape index (κ3) is 3.50. The first-order valence-electron chi connectivity index (χ1n) is 7.80.